The molecule has 51 heteroatoms. The number of pyridine rings is 2. The number of tetrazole rings is 8. The molecule has 2 fully saturated rings. The molecule has 22 rings (SSSR count). The third-order valence-corrected chi connectivity index (χ3v) is 22.5. The van der Waals surface area contributed by atoms with Crippen LogP contribution in [0.25, 0.3) is 102 Å². The fourth-order valence-corrected chi connectivity index (χ4v) is 14.5. The second-order valence-electron chi connectivity index (χ2n) is 33.6. The molecule has 10 aromatic heterocycles. The van der Waals surface area contributed by atoms with Gasteiger partial charge in [-0.05, 0) is 203 Å². The molecule has 0 radical (unpaired) electrons. The number of carbonyl (C=O) groups excluding carboxylic acids is 5. The van der Waals surface area contributed by atoms with Crippen molar-refractivity contribution in [2.24, 2.45) is 0 Å². The van der Waals surface area contributed by atoms with E-state index >= 15 is 0 Å². The standard InChI is InChI=1S/C17H22N6O3.C16H13N5O3.C14H12N6O.C14H17N5O.C12H9N5.C8H7ClN4.C8H7N5O2.C8H8N4/c1-17(2,3)26-16(25)23-10-8-22(9-11-23)15(24)13-6-4-12(5-7-13)14-18-20-21-19-14;22-16(12-4-2-11(3-5-12)15-18-20-21-19-15)17-8-10-1-6-13-14(7-10)24-9-23-13;21-14(16-9-10-2-1-7-15-8-10)12-5-3-11(4-6-12)13-17-19-20-18-13;20-14(15-12-4-2-1-3-5-12)11-8-6-10(7-9-11)13-16-18-19-17-13;1-2-11(8-13-7-1)9-3-5-10(6-4-9)12-14-16-17-15-12;1-5-2-3-6(4-7(5)9)8-10-12-13-11-8;1-5-2-3-6(4-7(5)13(14)15)8-9-11-12-10-8;1-6-2-4-7(5-3-6)8-9-11-12-10-8/h4-7H,8-11H2,1-3H3,(H,18,19,20,21);1-7H,8-9H2,(H,17,22)(H,18,19,20,21);1-8H,9H2,(H,16,21)(H,17,18,19,20);6-9,12H,1-5H2,(H,15,20)(H,16,17,18,19);1-8H,(H,14,15,16,17);2-4H,1H3,(H,10,11,12,13);2-4H,1H3,(H,9,10,11,12);2-5H,1H3,(H,9,10,11,12). The van der Waals surface area contributed by atoms with Gasteiger partial charge in [-0.25, -0.2) is 4.79 Å². The highest BCUT2D eigenvalue weighted by Crippen LogP contribution is 2.34. The Bertz CT molecular complexity index is 7350. The highest BCUT2D eigenvalue weighted by atomic mass is 35.5. The zero-order chi connectivity index (χ0) is 103. The summed E-state index contributed by atoms with van der Waals surface area (Å²) in [6.07, 6.45) is 12.6. The molecule has 0 bridgehead atoms. The SMILES string of the molecule is CC(C)(C)OC(=O)N1CCN(C(=O)c2ccc(-c3nn[nH]n3)cc2)CC1.Cc1ccc(-c2nn[nH]n2)cc1.Cc1ccc(-c2nn[nH]n2)cc1Cl.Cc1ccc(-c2nn[nH]n2)cc1[N+](=O)[O-].O=C(NC1CCCCC1)c1ccc(-c2nn[nH]n2)cc1.O=C(NCc1ccc2c(c1)OCO2)c1ccc(-c2nn[nH]n2)cc1.O=C(NCc1cccnc1)c1ccc(-c2nn[nH]n2)cc1.c1cncc(-c2ccc(-c3nn[nH]n3)cc2)c1. The van der Waals surface area contributed by atoms with Crippen molar-refractivity contribution >= 4 is 47.0 Å². The number of piperazine rings is 1. The Morgan fingerprint density at radius 2 is 0.770 bits per heavy atom. The number of hydrogen-bond acceptors (Lipinski definition) is 36. The van der Waals surface area contributed by atoms with Crippen molar-refractivity contribution in [1.29, 1.82) is 0 Å². The maximum absolute atomic E-state index is 12.6. The van der Waals surface area contributed by atoms with Crippen molar-refractivity contribution in [3.8, 4) is 114 Å². The molecule has 1 saturated carbocycles. The molecular weight excluding hydrogens is 1920 g/mol. The Hall–Kier alpha value is -19.7. The molecule has 11 N–H and O–H groups in total. The summed E-state index contributed by atoms with van der Waals surface area (Å²) < 4.78 is 16.0. The first-order chi connectivity index (χ1) is 72.0. The lowest BCUT2D eigenvalue weighted by molar-refractivity contribution is -0.385. The number of aromatic nitrogens is 34. The van der Waals surface area contributed by atoms with Crippen LogP contribution in [0.2, 0.25) is 5.02 Å². The Morgan fingerprint density at radius 3 is 1.18 bits per heavy atom. The summed E-state index contributed by atoms with van der Waals surface area (Å²) in [5.41, 5.74) is 15.4. The Kier molecular flexibility index (Phi) is 35.5. The van der Waals surface area contributed by atoms with Crippen molar-refractivity contribution in [2.75, 3.05) is 33.0 Å². The van der Waals surface area contributed by atoms with Crippen LogP contribution < -0.4 is 25.4 Å². The number of rotatable bonds is 19. The maximum Gasteiger partial charge on any atom is 0.410 e. The van der Waals surface area contributed by atoms with Crippen LogP contribution in [-0.2, 0) is 17.8 Å². The molecular formula is C97H95ClN40O10. The number of carbonyl (C=O) groups is 5. The van der Waals surface area contributed by atoms with E-state index in [9.17, 15) is 34.1 Å². The van der Waals surface area contributed by atoms with Gasteiger partial charge in [-0.3, -0.25) is 39.3 Å². The first kappa shape index (κ1) is 103. The summed E-state index contributed by atoms with van der Waals surface area (Å²) in [4.78, 5) is 82.9. The van der Waals surface area contributed by atoms with Crippen molar-refractivity contribution < 1.29 is 43.1 Å². The minimum Gasteiger partial charge on any atom is -0.454 e. The number of nitrogens with one attached hydrogen (secondary N) is 11. The molecule has 2 aliphatic heterocycles. The summed E-state index contributed by atoms with van der Waals surface area (Å²) in [6, 6.07) is 68.4. The van der Waals surface area contributed by atoms with Gasteiger partial charge in [0.15, 0.2) is 11.5 Å². The molecule has 19 aromatic rings. The van der Waals surface area contributed by atoms with E-state index in [2.05, 4.69) is 191 Å². The smallest absolute Gasteiger partial charge is 0.410 e. The van der Waals surface area contributed by atoms with E-state index < -0.39 is 10.5 Å². The van der Waals surface area contributed by atoms with Crippen LogP contribution in [0.3, 0.4) is 0 Å². The summed E-state index contributed by atoms with van der Waals surface area (Å²) in [6.45, 7) is 14.1. The number of fused-ring (bicyclic) bond motifs is 1. The van der Waals surface area contributed by atoms with Crippen molar-refractivity contribution in [3.63, 3.8) is 0 Å². The predicted octanol–water partition coefficient (Wildman–Crippen LogP) is 12.2. The first-order valence-electron chi connectivity index (χ1n) is 45.8. The van der Waals surface area contributed by atoms with Crippen LogP contribution in [-0.4, -0.2) is 264 Å². The topological polar surface area (TPSA) is 660 Å². The molecule has 9 aromatic carbocycles. The number of benzene rings is 9. The number of aromatic amines is 8. The molecule has 5 amide bonds. The molecule has 0 spiro atoms. The van der Waals surface area contributed by atoms with Crippen LogP contribution >= 0.6 is 11.6 Å². The molecule has 12 heterocycles. The number of nitro groups is 1. The van der Waals surface area contributed by atoms with Gasteiger partial charge in [0, 0.05) is 154 Å². The highest BCUT2D eigenvalue weighted by Gasteiger charge is 2.29. The molecule has 1 saturated heterocycles. The fraction of sp³-hybridized carbons (Fsp3) is 0.206. The number of ether oxygens (including phenoxy) is 3. The summed E-state index contributed by atoms with van der Waals surface area (Å²) in [7, 11) is 0. The average molecular weight is 2020 g/mol. The van der Waals surface area contributed by atoms with Gasteiger partial charge in [0.05, 0.1) is 4.92 Å². The number of nitro benzene ring substituents is 1. The molecule has 50 nitrogen and oxygen atoms in total. The molecule has 3 aliphatic rings. The second-order valence-corrected chi connectivity index (χ2v) is 34.0. The molecule has 0 unspecified atom stereocenters. The van der Waals surface area contributed by atoms with Crippen LogP contribution in [0.1, 0.15) is 122 Å². The zero-order valence-electron chi connectivity index (χ0n) is 80.2. The monoisotopic (exact) mass is 2010 g/mol. The number of nitrogens with zero attached hydrogens (tertiary/aromatic N) is 29. The molecule has 750 valence electrons. The van der Waals surface area contributed by atoms with Gasteiger partial charge in [0.25, 0.3) is 29.3 Å². The number of halogens is 1. The third kappa shape index (κ3) is 29.7. The Labute approximate surface area is 846 Å². The van der Waals surface area contributed by atoms with Crippen LogP contribution in [0.15, 0.2) is 249 Å². The van der Waals surface area contributed by atoms with Gasteiger partial charge >= 0.3 is 6.09 Å². The zero-order valence-corrected chi connectivity index (χ0v) is 80.9. The average Bonchev–Trinajstić information content (AvgIpc) is 1.25. The number of H-pyrrole nitrogens is 8. The molecule has 0 atom stereocenters. The van der Waals surface area contributed by atoms with Crippen molar-refractivity contribution in [1.82, 2.24) is 201 Å². The highest BCUT2D eigenvalue weighted by molar-refractivity contribution is 6.31. The lowest BCUT2D eigenvalue weighted by Gasteiger charge is -2.35. The van der Waals surface area contributed by atoms with Crippen molar-refractivity contribution in [3.05, 3.63) is 314 Å². The van der Waals surface area contributed by atoms with Crippen LogP contribution in [0.5, 0.6) is 11.5 Å². The molecule has 148 heavy (non-hydrogen) atoms. The minimum absolute atomic E-state index is 0.00318. The number of amides is 5. The van der Waals surface area contributed by atoms with Gasteiger partial charge in [-0.1, -0.05) is 176 Å². The minimum atomic E-state index is -0.523. The van der Waals surface area contributed by atoms with E-state index in [1.54, 1.807) is 132 Å². The van der Waals surface area contributed by atoms with E-state index in [4.69, 9.17) is 25.8 Å². The lowest BCUT2D eigenvalue weighted by Crippen LogP contribution is -2.51. The largest absolute Gasteiger partial charge is 0.454 e. The van der Waals surface area contributed by atoms with E-state index in [1.165, 1.54) is 30.9 Å². The van der Waals surface area contributed by atoms with E-state index in [1.807, 2.05) is 162 Å². The number of aryl methyl sites for hydroxylation is 3. The molecule has 1 aliphatic carbocycles. The predicted molar refractivity (Wildman–Crippen MR) is 533 cm³/mol. The third-order valence-electron chi connectivity index (χ3n) is 22.1. The Morgan fingerprint density at radius 1 is 0.399 bits per heavy atom. The van der Waals surface area contributed by atoms with E-state index in [0.717, 1.165) is 85.4 Å². The van der Waals surface area contributed by atoms with Crippen LogP contribution in [0.4, 0.5) is 10.5 Å². The quantitative estimate of drug-likeness (QED) is 0.0264. The maximum atomic E-state index is 12.6. The summed E-state index contributed by atoms with van der Waals surface area (Å²) in [5, 5.41) is 129. The normalized spacial score (nSPS) is 12.2. The lowest BCUT2D eigenvalue weighted by atomic mass is 9.95. The second kappa shape index (κ2) is 51.1. The number of hydrogen-bond donors (Lipinski definition) is 11. The summed E-state index contributed by atoms with van der Waals surface area (Å²) in [5.74, 6) is 5.20. The van der Waals surface area contributed by atoms with E-state index in [0.29, 0.717) is 136 Å². The van der Waals surface area contributed by atoms with Gasteiger partial charge in [-0.2, -0.15) is 41.7 Å². The van der Waals surface area contributed by atoms with Gasteiger partial charge in [-0.15, -0.1) is 81.6 Å². The fourth-order valence-electron chi connectivity index (χ4n) is 14.3. The van der Waals surface area contributed by atoms with Gasteiger partial charge < -0.3 is 40.0 Å². The van der Waals surface area contributed by atoms with Gasteiger partial charge in [0.2, 0.25) is 53.4 Å². The van der Waals surface area contributed by atoms with Gasteiger partial charge in [0.1, 0.15) is 5.60 Å². The van der Waals surface area contributed by atoms with Crippen molar-refractivity contribution in [2.45, 2.75) is 98.4 Å². The van der Waals surface area contributed by atoms with Crippen LogP contribution in [0, 0.1) is 30.9 Å². The Balaban J connectivity index is 0.000000128. The summed E-state index contributed by atoms with van der Waals surface area (Å²) >= 11 is 5.94. The van der Waals surface area contributed by atoms with E-state index in [-0.39, 0.29) is 42.2 Å². The first-order valence-corrected chi connectivity index (χ1v) is 46.2.